The molecule has 0 bridgehead atoms. The van der Waals surface area contributed by atoms with Crippen molar-refractivity contribution >= 4 is 0 Å². The second-order valence-corrected chi connectivity index (χ2v) is 8.31. The standard InChI is InChI=1S/C23H24F3NO3/c24-23(25,26)16-5-4-15-12-19(21(28)18(15)13-16)27-8-6-14(7-9-27)17-2-1-3-20-22(17)30-11-10-29-20/h1-5,13-14,19,21,28H,6-12H2/t19-,21-/m1/s1. The first-order chi connectivity index (χ1) is 14.4. The van der Waals surface area contributed by atoms with Crippen molar-refractivity contribution in [2.24, 2.45) is 0 Å². The molecule has 0 amide bonds. The van der Waals surface area contributed by atoms with Gasteiger partial charge in [0.2, 0.25) is 0 Å². The highest BCUT2D eigenvalue weighted by Crippen LogP contribution is 2.43. The van der Waals surface area contributed by atoms with Crippen molar-refractivity contribution in [3.63, 3.8) is 0 Å². The number of piperidine rings is 1. The molecule has 0 unspecified atom stereocenters. The number of alkyl halides is 3. The molecule has 0 spiro atoms. The molecule has 1 saturated heterocycles. The van der Waals surface area contributed by atoms with Crippen molar-refractivity contribution in [3.05, 3.63) is 58.7 Å². The van der Waals surface area contributed by atoms with Gasteiger partial charge in [-0.25, -0.2) is 0 Å². The van der Waals surface area contributed by atoms with Gasteiger partial charge in [-0.15, -0.1) is 0 Å². The molecule has 30 heavy (non-hydrogen) atoms. The van der Waals surface area contributed by atoms with E-state index in [4.69, 9.17) is 9.47 Å². The van der Waals surface area contributed by atoms with Gasteiger partial charge in [0, 0.05) is 11.6 Å². The van der Waals surface area contributed by atoms with Crippen LogP contribution in [0.25, 0.3) is 0 Å². The average Bonchev–Trinajstić information content (AvgIpc) is 3.09. The van der Waals surface area contributed by atoms with E-state index < -0.39 is 17.8 Å². The normalized spacial score (nSPS) is 24.7. The molecular formula is C23H24F3NO3. The van der Waals surface area contributed by atoms with Crippen LogP contribution < -0.4 is 9.47 Å². The third kappa shape index (κ3) is 3.44. The number of likely N-dealkylation sites (tertiary alicyclic amines) is 1. The predicted octanol–water partition coefficient (Wildman–Crippen LogP) is 4.31. The van der Waals surface area contributed by atoms with Gasteiger partial charge < -0.3 is 14.6 Å². The molecule has 0 aromatic heterocycles. The average molecular weight is 419 g/mol. The number of aliphatic hydroxyl groups is 1. The van der Waals surface area contributed by atoms with Gasteiger partial charge >= 0.3 is 6.18 Å². The molecular weight excluding hydrogens is 395 g/mol. The fourth-order valence-corrected chi connectivity index (χ4v) is 5.07. The number of hydrogen-bond donors (Lipinski definition) is 1. The molecule has 2 aromatic rings. The van der Waals surface area contributed by atoms with Crippen molar-refractivity contribution in [3.8, 4) is 11.5 Å². The van der Waals surface area contributed by atoms with Gasteiger partial charge in [0.25, 0.3) is 0 Å². The molecule has 1 aliphatic carbocycles. The fourth-order valence-electron chi connectivity index (χ4n) is 5.07. The lowest BCUT2D eigenvalue weighted by Gasteiger charge is -2.38. The summed E-state index contributed by atoms with van der Waals surface area (Å²) in [4.78, 5) is 2.22. The van der Waals surface area contributed by atoms with E-state index in [2.05, 4.69) is 11.0 Å². The molecule has 1 fully saturated rings. The fraction of sp³-hybridized carbons (Fsp3) is 0.478. The van der Waals surface area contributed by atoms with E-state index in [9.17, 15) is 18.3 Å². The van der Waals surface area contributed by atoms with Crippen LogP contribution in [0.1, 0.15) is 47.1 Å². The van der Waals surface area contributed by atoms with Crippen molar-refractivity contribution in [1.29, 1.82) is 0 Å². The maximum Gasteiger partial charge on any atom is 0.416 e. The Labute approximate surface area is 173 Å². The van der Waals surface area contributed by atoms with Crippen molar-refractivity contribution in [2.45, 2.75) is 43.5 Å². The number of ether oxygens (including phenoxy) is 2. The van der Waals surface area contributed by atoms with Gasteiger partial charge in [-0.3, -0.25) is 4.90 Å². The summed E-state index contributed by atoms with van der Waals surface area (Å²) >= 11 is 0. The maximum absolute atomic E-state index is 13.0. The van der Waals surface area contributed by atoms with E-state index in [0.29, 0.717) is 31.1 Å². The summed E-state index contributed by atoms with van der Waals surface area (Å²) in [6.45, 7) is 2.69. The number of hydrogen-bond acceptors (Lipinski definition) is 4. The largest absolute Gasteiger partial charge is 0.486 e. The smallest absolute Gasteiger partial charge is 0.416 e. The number of benzene rings is 2. The number of halogens is 3. The summed E-state index contributed by atoms with van der Waals surface area (Å²) in [7, 11) is 0. The maximum atomic E-state index is 13.0. The quantitative estimate of drug-likeness (QED) is 0.788. The second-order valence-electron chi connectivity index (χ2n) is 8.31. The summed E-state index contributed by atoms with van der Waals surface area (Å²) in [5.41, 5.74) is 1.69. The molecule has 4 nitrogen and oxygen atoms in total. The van der Waals surface area contributed by atoms with E-state index in [0.717, 1.165) is 60.7 Å². The summed E-state index contributed by atoms with van der Waals surface area (Å²) < 4.78 is 50.7. The van der Waals surface area contributed by atoms with Gasteiger partial charge in [0.1, 0.15) is 13.2 Å². The zero-order valence-electron chi connectivity index (χ0n) is 16.5. The first-order valence-corrected chi connectivity index (χ1v) is 10.4. The third-order valence-electron chi connectivity index (χ3n) is 6.62. The molecule has 5 rings (SSSR count). The highest BCUT2D eigenvalue weighted by molar-refractivity contribution is 5.49. The van der Waals surface area contributed by atoms with E-state index in [1.165, 1.54) is 6.07 Å². The Hall–Kier alpha value is -2.25. The van der Waals surface area contributed by atoms with Gasteiger partial charge in [-0.2, -0.15) is 13.2 Å². The van der Waals surface area contributed by atoms with Crippen molar-refractivity contribution in [2.75, 3.05) is 26.3 Å². The SMILES string of the molecule is O[C@@H]1c2cc(C(F)(F)F)ccc2C[C@H]1N1CCC(c2cccc3c2OCCO3)CC1. The molecule has 7 heteroatoms. The lowest BCUT2D eigenvalue weighted by atomic mass is 9.87. The Morgan fingerprint density at radius 2 is 1.73 bits per heavy atom. The Morgan fingerprint density at radius 1 is 0.967 bits per heavy atom. The Balaban J connectivity index is 1.28. The number of para-hydroxylation sites is 1. The van der Waals surface area contributed by atoms with Crippen LogP contribution in [-0.2, 0) is 12.6 Å². The molecule has 2 aliphatic heterocycles. The first kappa shape index (κ1) is 19.7. The highest BCUT2D eigenvalue weighted by atomic mass is 19.4. The first-order valence-electron chi connectivity index (χ1n) is 10.4. The topological polar surface area (TPSA) is 41.9 Å². The van der Waals surface area contributed by atoms with Crippen molar-refractivity contribution in [1.82, 2.24) is 4.90 Å². The number of aliphatic hydroxyl groups excluding tert-OH is 1. The van der Waals surface area contributed by atoms with Crippen molar-refractivity contribution < 1.29 is 27.8 Å². The summed E-state index contributed by atoms with van der Waals surface area (Å²) in [6, 6.07) is 9.57. The van der Waals surface area contributed by atoms with Crippen LogP contribution in [0.3, 0.4) is 0 Å². The lowest BCUT2D eigenvalue weighted by molar-refractivity contribution is -0.137. The minimum atomic E-state index is -4.40. The number of nitrogens with zero attached hydrogens (tertiary/aromatic N) is 1. The summed E-state index contributed by atoms with van der Waals surface area (Å²) in [5.74, 6) is 1.98. The van der Waals surface area contributed by atoms with Crippen LogP contribution in [0.4, 0.5) is 13.2 Å². The molecule has 1 N–H and O–H groups in total. The highest BCUT2D eigenvalue weighted by Gasteiger charge is 2.39. The molecule has 2 aromatic carbocycles. The van der Waals surface area contributed by atoms with Crippen LogP contribution in [0.15, 0.2) is 36.4 Å². The Bertz CT molecular complexity index is 938. The molecule has 2 heterocycles. The minimum absolute atomic E-state index is 0.172. The Morgan fingerprint density at radius 3 is 2.50 bits per heavy atom. The zero-order chi connectivity index (χ0) is 20.9. The van der Waals surface area contributed by atoms with E-state index >= 15 is 0 Å². The van der Waals surface area contributed by atoms with Gasteiger partial charge in [0.15, 0.2) is 11.5 Å². The third-order valence-corrected chi connectivity index (χ3v) is 6.62. The summed E-state index contributed by atoms with van der Waals surface area (Å²) in [5, 5.41) is 10.8. The molecule has 3 aliphatic rings. The van der Waals surface area contributed by atoms with Crippen LogP contribution in [0, 0.1) is 0 Å². The molecule has 160 valence electrons. The van der Waals surface area contributed by atoms with Crippen LogP contribution in [-0.4, -0.2) is 42.4 Å². The number of rotatable bonds is 2. The predicted molar refractivity (Wildman–Crippen MR) is 105 cm³/mol. The molecule has 0 radical (unpaired) electrons. The van der Waals surface area contributed by atoms with Gasteiger partial charge in [-0.05, 0) is 67.6 Å². The minimum Gasteiger partial charge on any atom is -0.486 e. The Kier molecular flexibility index (Phi) is 4.90. The lowest BCUT2D eigenvalue weighted by Crippen LogP contribution is -2.43. The summed E-state index contributed by atoms with van der Waals surface area (Å²) in [6.07, 6.45) is -2.89. The van der Waals surface area contributed by atoms with Crippen LogP contribution >= 0.6 is 0 Å². The van der Waals surface area contributed by atoms with Crippen LogP contribution in [0.2, 0.25) is 0 Å². The van der Waals surface area contributed by atoms with E-state index in [1.54, 1.807) is 0 Å². The van der Waals surface area contributed by atoms with Gasteiger partial charge in [-0.1, -0.05) is 18.2 Å². The number of fused-ring (bicyclic) bond motifs is 2. The second kappa shape index (κ2) is 7.46. The monoisotopic (exact) mass is 419 g/mol. The van der Waals surface area contributed by atoms with Gasteiger partial charge in [0.05, 0.1) is 11.7 Å². The molecule has 0 saturated carbocycles. The van der Waals surface area contributed by atoms with E-state index in [-0.39, 0.29) is 6.04 Å². The van der Waals surface area contributed by atoms with E-state index in [1.807, 2.05) is 12.1 Å². The zero-order valence-corrected chi connectivity index (χ0v) is 16.5. The van der Waals surface area contributed by atoms with Crippen LogP contribution in [0.5, 0.6) is 11.5 Å². The molecule has 2 atom stereocenters.